The lowest BCUT2D eigenvalue weighted by Crippen LogP contribution is -2.04. The number of hydrogen-bond donors (Lipinski definition) is 0. The van der Waals surface area contributed by atoms with E-state index in [1.165, 1.54) is 19.1 Å². The Kier molecular flexibility index (Phi) is 4.73. The maximum Gasteiger partial charge on any atom is 0.416 e. The van der Waals surface area contributed by atoms with Crippen LogP contribution < -0.4 is 0 Å². The van der Waals surface area contributed by atoms with Gasteiger partial charge in [-0.1, -0.05) is 12.1 Å². The maximum absolute atomic E-state index is 12.3. The van der Waals surface area contributed by atoms with Crippen LogP contribution in [0.25, 0.3) is 0 Å². The first-order valence-electron chi connectivity index (χ1n) is 5.55. The molecule has 0 saturated carbocycles. The van der Waals surface area contributed by atoms with Gasteiger partial charge in [0.2, 0.25) is 0 Å². The number of aryl methyl sites for hydroxylation is 1. The minimum absolute atomic E-state index is 0.150. The Morgan fingerprint density at radius 1 is 1.12 bits per heavy atom. The zero-order valence-corrected chi connectivity index (χ0v) is 9.68. The summed E-state index contributed by atoms with van der Waals surface area (Å²) in [5, 5.41) is 0. The monoisotopic (exact) mass is 244 g/mol. The zero-order valence-electron chi connectivity index (χ0n) is 9.68. The summed E-state index contributed by atoms with van der Waals surface area (Å²) in [5.41, 5.74) is 0.256. The van der Waals surface area contributed by atoms with Gasteiger partial charge in [0.15, 0.2) is 0 Å². The van der Waals surface area contributed by atoms with Crippen molar-refractivity contribution in [3.63, 3.8) is 0 Å². The van der Waals surface area contributed by atoms with E-state index >= 15 is 0 Å². The summed E-state index contributed by atoms with van der Waals surface area (Å²) in [7, 11) is 0. The van der Waals surface area contributed by atoms with Gasteiger partial charge in [-0.15, -0.1) is 0 Å². The number of alkyl halides is 3. The lowest BCUT2D eigenvalue weighted by Gasteiger charge is -2.07. The van der Waals surface area contributed by atoms with E-state index in [1.807, 2.05) is 0 Å². The van der Waals surface area contributed by atoms with Gasteiger partial charge in [0, 0.05) is 6.42 Å². The van der Waals surface area contributed by atoms with Crippen LogP contribution in [-0.4, -0.2) is 5.78 Å². The summed E-state index contributed by atoms with van der Waals surface area (Å²) in [6.45, 7) is 1.54. The second-order valence-corrected chi connectivity index (χ2v) is 4.10. The first kappa shape index (κ1) is 13.7. The molecule has 0 fully saturated rings. The maximum atomic E-state index is 12.3. The second-order valence-electron chi connectivity index (χ2n) is 4.10. The summed E-state index contributed by atoms with van der Waals surface area (Å²) >= 11 is 0. The number of unbranched alkanes of at least 4 members (excludes halogenated alkanes) is 1. The second kappa shape index (κ2) is 5.84. The Bertz CT molecular complexity index is 365. The standard InChI is InChI=1S/C13H15F3O/c1-10(17)4-2-3-5-11-6-8-12(9-7-11)13(14,15)16/h6-9H,2-5H2,1H3. The number of Topliss-reactive ketones (excluding diaryl/α,β-unsaturated/α-hetero) is 1. The fourth-order valence-electron chi connectivity index (χ4n) is 1.56. The van der Waals surface area contributed by atoms with Gasteiger partial charge in [0.1, 0.15) is 5.78 Å². The van der Waals surface area contributed by atoms with E-state index in [9.17, 15) is 18.0 Å². The van der Waals surface area contributed by atoms with Gasteiger partial charge in [-0.05, 0) is 43.9 Å². The highest BCUT2D eigenvalue weighted by atomic mass is 19.4. The third-order valence-corrected chi connectivity index (χ3v) is 2.53. The van der Waals surface area contributed by atoms with Crippen molar-refractivity contribution in [3.8, 4) is 0 Å². The molecule has 17 heavy (non-hydrogen) atoms. The smallest absolute Gasteiger partial charge is 0.300 e. The molecule has 0 radical (unpaired) electrons. The summed E-state index contributed by atoms with van der Waals surface area (Å²) in [5.74, 6) is 0.150. The van der Waals surface area contributed by atoms with Crippen LogP contribution in [0, 0.1) is 0 Å². The first-order chi connectivity index (χ1) is 7.89. The van der Waals surface area contributed by atoms with E-state index in [4.69, 9.17) is 0 Å². The van der Waals surface area contributed by atoms with Gasteiger partial charge in [-0.3, -0.25) is 0 Å². The summed E-state index contributed by atoms with van der Waals surface area (Å²) in [6, 6.07) is 5.19. The van der Waals surface area contributed by atoms with Crippen LogP contribution in [-0.2, 0) is 17.4 Å². The topological polar surface area (TPSA) is 17.1 Å². The molecule has 0 unspecified atom stereocenters. The van der Waals surface area contributed by atoms with E-state index in [-0.39, 0.29) is 5.78 Å². The molecule has 0 saturated heterocycles. The lowest BCUT2D eigenvalue weighted by atomic mass is 10.0. The van der Waals surface area contributed by atoms with Gasteiger partial charge in [-0.2, -0.15) is 13.2 Å². The molecule has 4 heteroatoms. The lowest BCUT2D eigenvalue weighted by molar-refractivity contribution is -0.137. The van der Waals surface area contributed by atoms with Crippen LogP contribution >= 0.6 is 0 Å². The quantitative estimate of drug-likeness (QED) is 0.715. The van der Waals surface area contributed by atoms with E-state index in [2.05, 4.69) is 0 Å². The number of hydrogen-bond acceptors (Lipinski definition) is 1. The molecule has 0 atom stereocenters. The zero-order chi connectivity index (χ0) is 12.9. The molecular formula is C13H15F3O. The molecule has 1 nitrogen and oxygen atoms in total. The molecule has 0 aliphatic heterocycles. The molecule has 1 rings (SSSR count). The van der Waals surface area contributed by atoms with Crippen LogP contribution in [0.1, 0.15) is 37.3 Å². The summed E-state index contributed by atoms with van der Waals surface area (Å²) < 4.78 is 36.8. The van der Waals surface area contributed by atoms with Crippen molar-refractivity contribution in [1.82, 2.24) is 0 Å². The van der Waals surface area contributed by atoms with Crippen molar-refractivity contribution in [3.05, 3.63) is 35.4 Å². The minimum atomic E-state index is -4.27. The van der Waals surface area contributed by atoms with Crippen LogP contribution in [0.15, 0.2) is 24.3 Å². The van der Waals surface area contributed by atoms with Crippen molar-refractivity contribution in [2.75, 3.05) is 0 Å². The predicted molar refractivity (Wildman–Crippen MR) is 59.7 cm³/mol. The average molecular weight is 244 g/mol. The Morgan fingerprint density at radius 3 is 2.18 bits per heavy atom. The molecule has 0 aliphatic carbocycles. The Balaban J connectivity index is 2.43. The molecule has 1 aromatic carbocycles. The van der Waals surface area contributed by atoms with Gasteiger partial charge in [0.05, 0.1) is 5.56 Å². The molecule has 0 N–H and O–H groups in total. The number of halogens is 3. The number of ketones is 1. The largest absolute Gasteiger partial charge is 0.416 e. The van der Waals surface area contributed by atoms with Crippen molar-refractivity contribution < 1.29 is 18.0 Å². The Labute approximate surface area is 98.6 Å². The molecule has 0 heterocycles. The average Bonchev–Trinajstić information content (AvgIpc) is 2.23. The van der Waals surface area contributed by atoms with Crippen LogP contribution in [0.4, 0.5) is 13.2 Å². The molecule has 0 aliphatic rings. The SMILES string of the molecule is CC(=O)CCCCc1ccc(C(F)(F)F)cc1. The number of rotatable bonds is 5. The van der Waals surface area contributed by atoms with Crippen LogP contribution in [0.5, 0.6) is 0 Å². The van der Waals surface area contributed by atoms with Crippen molar-refractivity contribution in [1.29, 1.82) is 0 Å². The fourth-order valence-corrected chi connectivity index (χ4v) is 1.56. The van der Waals surface area contributed by atoms with Gasteiger partial charge >= 0.3 is 6.18 Å². The summed E-state index contributed by atoms with van der Waals surface area (Å²) in [4.78, 5) is 10.7. The highest BCUT2D eigenvalue weighted by molar-refractivity contribution is 5.75. The third kappa shape index (κ3) is 5.02. The van der Waals surface area contributed by atoms with Crippen LogP contribution in [0.2, 0.25) is 0 Å². The third-order valence-electron chi connectivity index (χ3n) is 2.53. The van der Waals surface area contributed by atoms with E-state index in [0.29, 0.717) is 12.8 Å². The summed E-state index contributed by atoms with van der Waals surface area (Å²) in [6.07, 6.45) is -1.40. The van der Waals surface area contributed by atoms with Crippen LogP contribution in [0.3, 0.4) is 0 Å². The molecule has 0 spiro atoms. The van der Waals surface area contributed by atoms with Crippen molar-refractivity contribution in [2.24, 2.45) is 0 Å². The normalized spacial score (nSPS) is 11.5. The van der Waals surface area contributed by atoms with Gasteiger partial charge < -0.3 is 4.79 Å². The predicted octanol–water partition coefficient (Wildman–Crippen LogP) is 4.01. The molecule has 0 bridgehead atoms. The molecule has 94 valence electrons. The van der Waals surface area contributed by atoms with Crippen molar-refractivity contribution in [2.45, 2.75) is 38.8 Å². The molecule has 1 aromatic rings. The van der Waals surface area contributed by atoms with Gasteiger partial charge in [-0.25, -0.2) is 0 Å². The van der Waals surface area contributed by atoms with Crippen molar-refractivity contribution >= 4 is 5.78 Å². The van der Waals surface area contributed by atoms with Gasteiger partial charge in [0.25, 0.3) is 0 Å². The first-order valence-corrected chi connectivity index (χ1v) is 5.55. The van der Waals surface area contributed by atoms with E-state index in [1.54, 1.807) is 0 Å². The minimum Gasteiger partial charge on any atom is -0.300 e. The van der Waals surface area contributed by atoms with E-state index < -0.39 is 11.7 Å². The molecular weight excluding hydrogens is 229 g/mol. The number of carbonyl (C=O) groups excluding carboxylic acids is 1. The van der Waals surface area contributed by atoms with E-state index in [0.717, 1.165) is 30.5 Å². The highest BCUT2D eigenvalue weighted by Gasteiger charge is 2.29. The Hall–Kier alpha value is -1.32. The molecule has 0 amide bonds. The fraction of sp³-hybridized carbons (Fsp3) is 0.462. The molecule has 0 aromatic heterocycles. The Morgan fingerprint density at radius 2 is 1.71 bits per heavy atom. The highest BCUT2D eigenvalue weighted by Crippen LogP contribution is 2.29. The number of carbonyl (C=O) groups is 1. The number of benzene rings is 1.